The highest BCUT2D eigenvalue weighted by Crippen LogP contribution is 2.18. The average Bonchev–Trinajstić information content (AvgIpc) is 2.17. The molecule has 0 atom stereocenters. The Labute approximate surface area is 58.3 Å². The van der Waals surface area contributed by atoms with Gasteiger partial charge in [-0.1, -0.05) is 0 Å². The topological polar surface area (TPSA) is 61.8 Å². The molecular weight excluding hydrogens is 130 g/mol. The molecular formula is C6H7N3O. The van der Waals surface area contributed by atoms with Crippen LogP contribution in [0.4, 0.5) is 0 Å². The van der Waals surface area contributed by atoms with Crippen molar-refractivity contribution < 1.29 is 5.11 Å². The molecule has 1 rings (SSSR count). The SMILES string of the molecule is Cc1c(O)c(C#N)nn1C. The van der Waals surface area contributed by atoms with Gasteiger partial charge in [0.25, 0.3) is 0 Å². The van der Waals surface area contributed by atoms with Crippen molar-refractivity contribution in [1.82, 2.24) is 9.78 Å². The first-order valence-electron chi connectivity index (χ1n) is 2.79. The highest BCUT2D eigenvalue weighted by molar-refractivity contribution is 5.39. The van der Waals surface area contributed by atoms with Gasteiger partial charge in [0.05, 0.1) is 5.69 Å². The lowest BCUT2D eigenvalue weighted by Crippen LogP contribution is -1.92. The van der Waals surface area contributed by atoms with E-state index in [1.54, 1.807) is 20.0 Å². The summed E-state index contributed by atoms with van der Waals surface area (Å²) < 4.78 is 1.47. The van der Waals surface area contributed by atoms with E-state index < -0.39 is 0 Å². The van der Waals surface area contributed by atoms with Crippen LogP contribution in [0.5, 0.6) is 5.75 Å². The number of hydrogen-bond acceptors (Lipinski definition) is 3. The molecule has 0 aromatic carbocycles. The van der Waals surface area contributed by atoms with Crippen LogP contribution in [0.15, 0.2) is 0 Å². The van der Waals surface area contributed by atoms with Crippen LogP contribution in [-0.4, -0.2) is 14.9 Å². The molecule has 10 heavy (non-hydrogen) atoms. The Morgan fingerprint density at radius 3 is 2.50 bits per heavy atom. The largest absolute Gasteiger partial charge is 0.504 e. The predicted molar refractivity (Wildman–Crippen MR) is 34.3 cm³/mol. The van der Waals surface area contributed by atoms with E-state index in [0.29, 0.717) is 5.69 Å². The molecule has 0 fully saturated rings. The second-order valence-corrected chi connectivity index (χ2v) is 2.02. The minimum atomic E-state index is -0.0231. The molecule has 0 bridgehead atoms. The number of nitrogens with zero attached hydrogens (tertiary/aromatic N) is 3. The molecule has 1 aromatic rings. The van der Waals surface area contributed by atoms with Gasteiger partial charge in [0.1, 0.15) is 6.07 Å². The van der Waals surface area contributed by atoms with Gasteiger partial charge in [-0.15, -0.1) is 0 Å². The second kappa shape index (κ2) is 2.03. The van der Waals surface area contributed by atoms with Crippen molar-refractivity contribution >= 4 is 0 Å². The summed E-state index contributed by atoms with van der Waals surface area (Å²) in [6.45, 7) is 1.70. The fourth-order valence-corrected chi connectivity index (χ4v) is 0.672. The van der Waals surface area contributed by atoms with Crippen molar-refractivity contribution in [1.29, 1.82) is 5.26 Å². The van der Waals surface area contributed by atoms with E-state index in [9.17, 15) is 0 Å². The maximum atomic E-state index is 9.11. The summed E-state index contributed by atoms with van der Waals surface area (Å²) in [6, 6.07) is 1.77. The van der Waals surface area contributed by atoms with Crippen molar-refractivity contribution in [3.05, 3.63) is 11.4 Å². The highest BCUT2D eigenvalue weighted by atomic mass is 16.3. The molecule has 52 valence electrons. The molecule has 0 amide bonds. The van der Waals surface area contributed by atoms with Crippen LogP contribution < -0.4 is 0 Å². The number of aryl methyl sites for hydroxylation is 1. The van der Waals surface area contributed by atoms with Gasteiger partial charge in [-0.2, -0.15) is 10.4 Å². The summed E-state index contributed by atoms with van der Waals surface area (Å²) >= 11 is 0. The van der Waals surface area contributed by atoms with Crippen molar-refractivity contribution in [2.75, 3.05) is 0 Å². The lowest BCUT2D eigenvalue weighted by atomic mass is 10.3. The van der Waals surface area contributed by atoms with Crippen LogP contribution in [0, 0.1) is 18.3 Å². The van der Waals surface area contributed by atoms with E-state index in [1.165, 1.54) is 4.68 Å². The Morgan fingerprint density at radius 2 is 2.30 bits per heavy atom. The summed E-state index contributed by atoms with van der Waals surface area (Å²) in [5.74, 6) is -0.0231. The standard InChI is InChI=1S/C6H7N3O/c1-4-6(10)5(3-7)8-9(4)2/h10H,1-2H3. The van der Waals surface area contributed by atoms with Gasteiger partial charge in [0.2, 0.25) is 5.69 Å². The number of aromatic nitrogens is 2. The Morgan fingerprint density at radius 1 is 1.70 bits per heavy atom. The third-order valence-electron chi connectivity index (χ3n) is 1.41. The summed E-state index contributed by atoms with van der Waals surface area (Å²) in [7, 11) is 1.68. The van der Waals surface area contributed by atoms with Crippen LogP contribution in [-0.2, 0) is 7.05 Å². The van der Waals surface area contributed by atoms with Crippen LogP contribution in [0.2, 0.25) is 0 Å². The van der Waals surface area contributed by atoms with Crippen molar-refractivity contribution in [2.24, 2.45) is 7.05 Å². The zero-order valence-corrected chi connectivity index (χ0v) is 5.79. The van der Waals surface area contributed by atoms with Gasteiger partial charge >= 0.3 is 0 Å². The Balaban J connectivity index is 3.34. The van der Waals surface area contributed by atoms with Crippen molar-refractivity contribution in [3.8, 4) is 11.8 Å². The Bertz CT molecular complexity index is 295. The molecule has 0 radical (unpaired) electrons. The fraction of sp³-hybridized carbons (Fsp3) is 0.333. The molecule has 0 unspecified atom stereocenters. The lowest BCUT2D eigenvalue weighted by Gasteiger charge is -1.89. The summed E-state index contributed by atoms with van der Waals surface area (Å²) in [5.41, 5.74) is 0.691. The van der Waals surface area contributed by atoms with E-state index in [0.717, 1.165) is 0 Å². The summed E-state index contributed by atoms with van der Waals surface area (Å²) in [4.78, 5) is 0. The number of rotatable bonds is 0. The Hall–Kier alpha value is -1.50. The van der Waals surface area contributed by atoms with E-state index in [-0.39, 0.29) is 11.4 Å². The van der Waals surface area contributed by atoms with E-state index >= 15 is 0 Å². The zero-order valence-electron chi connectivity index (χ0n) is 5.79. The maximum absolute atomic E-state index is 9.11. The first-order valence-corrected chi connectivity index (χ1v) is 2.79. The quantitative estimate of drug-likeness (QED) is 0.559. The number of nitriles is 1. The minimum Gasteiger partial charge on any atom is -0.504 e. The van der Waals surface area contributed by atoms with Gasteiger partial charge < -0.3 is 5.11 Å². The van der Waals surface area contributed by atoms with E-state index in [2.05, 4.69) is 5.10 Å². The summed E-state index contributed by atoms with van der Waals surface area (Å²) in [6.07, 6.45) is 0. The molecule has 0 aliphatic rings. The highest BCUT2D eigenvalue weighted by Gasteiger charge is 2.09. The summed E-state index contributed by atoms with van der Waals surface area (Å²) in [5, 5.41) is 21.2. The molecule has 0 aliphatic carbocycles. The van der Waals surface area contributed by atoms with Crippen molar-refractivity contribution in [3.63, 3.8) is 0 Å². The molecule has 1 N–H and O–H groups in total. The predicted octanol–water partition coefficient (Wildman–Crippen LogP) is 0.306. The molecule has 4 heteroatoms. The third-order valence-corrected chi connectivity index (χ3v) is 1.41. The number of hydrogen-bond donors (Lipinski definition) is 1. The van der Waals surface area contributed by atoms with Gasteiger partial charge in [0, 0.05) is 7.05 Å². The lowest BCUT2D eigenvalue weighted by molar-refractivity contribution is 0.468. The van der Waals surface area contributed by atoms with Crippen LogP contribution in [0.3, 0.4) is 0 Å². The molecule has 0 saturated carbocycles. The maximum Gasteiger partial charge on any atom is 0.204 e. The first-order chi connectivity index (χ1) is 4.66. The van der Waals surface area contributed by atoms with Gasteiger partial charge in [-0.3, -0.25) is 4.68 Å². The fourth-order valence-electron chi connectivity index (χ4n) is 0.672. The second-order valence-electron chi connectivity index (χ2n) is 2.02. The average molecular weight is 137 g/mol. The zero-order chi connectivity index (χ0) is 7.72. The van der Waals surface area contributed by atoms with Crippen LogP contribution >= 0.6 is 0 Å². The molecule has 0 spiro atoms. The first kappa shape index (κ1) is 6.62. The van der Waals surface area contributed by atoms with Gasteiger partial charge in [-0.25, -0.2) is 0 Å². The normalized spacial score (nSPS) is 9.30. The molecule has 4 nitrogen and oxygen atoms in total. The smallest absolute Gasteiger partial charge is 0.204 e. The van der Waals surface area contributed by atoms with E-state index in [1.807, 2.05) is 0 Å². The van der Waals surface area contributed by atoms with Gasteiger partial charge in [-0.05, 0) is 6.92 Å². The Kier molecular flexibility index (Phi) is 1.34. The molecule has 1 heterocycles. The molecule has 0 aliphatic heterocycles. The molecule has 0 saturated heterocycles. The van der Waals surface area contributed by atoms with Crippen molar-refractivity contribution in [2.45, 2.75) is 6.92 Å². The molecule has 1 aromatic heterocycles. The number of aromatic hydroxyl groups is 1. The van der Waals surface area contributed by atoms with Crippen LogP contribution in [0.25, 0.3) is 0 Å². The van der Waals surface area contributed by atoms with Crippen LogP contribution in [0.1, 0.15) is 11.4 Å². The third kappa shape index (κ3) is 0.722. The monoisotopic (exact) mass is 137 g/mol. The van der Waals surface area contributed by atoms with Gasteiger partial charge in [0.15, 0.2) is 5.75 Å². The van der Waals surface area contributed by atoms with E-state index in [4.69, 9.17) is 10.4 Å². The minimum absolute atomic E-state index is 0.0231.